The number of carbonyl (C=O) groups is 3. The Balaban J connectivity index is 1.54. The number of pyridine rings is 1. The highest BCUT2D eigenvalue weighted by Gasteiger charge is 2.47. The summed E-state index contributed by atoms with van der Waals surface area (Å²) in [6.07, 6.45) is 7.17. The average molecular weight is 392 g/mol. The second-order valence-corrected chi connectivity index (χ2v) is 7.69. The van der Waals surface area contributed by atoms with Crippen molar-refractivity contribution in [3.8, 4) is 0 Å². The molecule has 7 heteroatoms. The van der Waals surface area contributed by atoms with Gasteiger partial charge < -0.3 is 4.90 Å². The number of imide groups is 1. The van der Waals surface area contributed by atoms with Crippen LogP contribution in [0.5, 0.6) is 0 Å². The number of aromatic nitrogens is 1. The number of halogens is 1. The van der Waals surface area contributed by atoms with Crippen molar-refractivity contribution < 1.29 is 14.4 Å². The number of hydrogen-bond acceptors (Lipinski definition) is 4. The first-order valence-electron chi connectivity index (χ1n) is 8.32. The van der Waals surface area contributed by atoms with Gasteiger partial charge in [0.2, 0.25) is 11.8 Å². The van der Waals surface area contributed by atoms with Crippen LogP contribution < -0.4 is 0 Å². The third kappa shape index (κ3) is 2.55. The van der Waals surface area contributed by atoms with E-state index in [1.54, 1.807) is 18.5 Å². The zero-order valence-electron chi connectivity index (χ0n) is 13.2. The van der Waals surface area contributed by atoms with Gasteiger partial charge in [-0.05, 0) is 47.7 Å². The predicted octanol–water partition coefficient (Wildman–Crippen LogP) is 2.13. The van der Waals surface area contributed by atoms with Crippen LogP contribution in [0.3, 0.4) is 0 Å². The highest BCUT2D eigenvalue weighted by molar-refractivity contribution is 9.10. The van der Waals surface area contributed by atoms with Crippen LogP contribution in [0.2, 0.25) is 0 Å². The van der Waals surface area contributed by atoms with Gasteiger partial charge in [-0.1, -0.05) is 0 Å². The van der Waals surface area contributed by atoms with Gasteiger partial charge >= 0.3 is 0 Å². The van der Waals surface area contributed by atoms with E-state index in [0.717, 1.165) is 17.3 Å². The first kappa shape index (κ1) is 15.7. The van der Waals surface area contributed by atoms with Gasteiger partial charge in [0.1, 0.15) is 0 Å². The van der Waals surface area contributed by atoms with Crippen LogP contribution in [0, 0.1) is 0 Å². The van der Waals surface area contributed by atoms with Gasteiger partial charge in [0.25, 0.3) is 5.91 Å². The Kier molecular flexibility index (Phi) is 3.90. The van der Waals surface area contributed by atoms with E-state index in [-0.39, 0.29) is 35.8 Å². The Morgan fingerprint density at radius 1 is 1.04 bits per heavy atom. The minimum atomic E-state index is -0.0552. The minimum absolute atomic E-state index is 0.00572. The third-order valence-corrected chi connectivity index (χ3v) is 5.78. The van der Waals surface area contributed by atoms with E-state index >= 15 is 0 Å². The second-order valence-electron chi connectivity index (χ2n) is 6.77. The molecule has 3 aliphatic heterocycles. The van der Waals surface area contributed by atoms with Crippen molar-refractivity contribution in [1.29, 1.82) is 0 Å². The van der Waals surface area contributed by atoms with Crippen LogP contribution in [-0.4, -0.2) is 50.6 Å². The normalized spacial score (nSPS) is 29.5. The van der Waals surface area contributed by atoms with Crippen LogP contribution in [-0.2, 0) is 9.59 Å². The third-order valence-electron chi connectivity index (χ3n) is 5.35. The highest BCUT2D eigenvalue weighted by atomic mass is 79.9. The van der Waals surface area contributed by atoms with Crippen LogP contribution in [0.1, 0.15) is 48.9 Å². The molecule has 2 unspecified atom stereocenters. The molecule has 3 saturated heterocycles. The summed E-state index contributed by atoms with van der Waals surface area (Å²) in [4.78, 5) is 44.4. The first-order valence-corrected chi connectivity index (χ1v) is 9.12. The van der Waals surface area contributed by atoms with Gasteiger partial charge in [-0.2, -0.15) is 0 Å². The fraction of sp³-hybridized carbons (Fsp3) is 0.529. The molecule has 2 bridgehead atoms. The lowest BCUT2D eigenvalue weighted by Gasteiger charge is -2.41. The quantitative estimate of drug-likeness (QED) is 0.724. The molecule has 1 aromatic rings. The van der Waals surface area contributed by atoms with Crippen LogP contribution in [0.25, 0.3) is 0 Å². The van der Waals surface area contributed by atoms with Crippen molar-refractivity contribution in [1.82, 2.24) is 14.8 Å². The van der Waals surface area contributed by atoms with Gasteiger partial charge in [-0.25, -0.2) is 0 Å². The van der Waals surface area contributed by atoms with E-state index in [9.17, 15) is 14.4 Å². The summed E-state index contributed by atoms with van der Waals surface area (Å²) in [5, 5.41) is 0. The molecule has 0 N–H and O–H groups in total. The summed E-state index contributed by atoms with van der Waals surface area (Å²) >= 11 is 3.35. The second kappa shape index (κ2) is 5.95. The molecule has 0 radical (unpaired) electrons. The standard InChI is InChI=1S/C17H18BrN3O3/c18-11-5-10(8-19-9-11)17(24)20-12-1-2-13(20)7-14(6-12)21-15(22)3-4-16(21)23/h5,8-9,12-14H,1-4,6-7H2. The molecule has 3 fully saturated rings. The fourth-order valence-electron chi connectivity index (χ4n) is 4.37. The lowest BCUT2D eigenvalue weighted by molar-refractivity contribution is -0.142. The lowest BCUT2D eigenvalue weighted by Crippen LogP contribution is -2.53. The summed E-state index contributed by atoms with van der Waals surface area (Å²) in [5.41, 5.74) is 0.577. The lowest BCUT2D eigenvalue weighted by atomic mass is 9.95. The average Bonchev–Trinajstić information content (AvgIpc) is 3.03. The zero-order chi connectivity index (χ0) is 16.8. The maximum atomic E-state index is 12.9. The molecule has 2 atom stereocenters. The van der Waals surface area contributed by atoms with E-state index in [2.05, 4.69) is 20.9 Å². The number of amides is 3. The summed E-state index contributed by atoms with van der Waals surface area (Å²) in [6, 6.07) is 1.94. The summed E-state index contributed by atoms with van der Waals surface area (Å²) in [5.74, 6) is -0.116. The molecule has 3 aliphatic rings. The van der Waals surface area contributed by atoms with E-state index < -0.39 is 0 Å². The fourth-order valence-corrected chi connectivity index (χ4v) is 4.73. The van der Waals surface area contributed by atoms with Crippen LogP contribution in [0.4, 0.5) is 0 Å². The summed E-state index contributed by atoms with van der Waals surface area (Å²) in [6.45, 7) is 0. The van der Waals surface area contributed by atoms with Crippen molar-refractivity contribution >= 4 is 33.7 Å². The van der Waals surface area contributed by atoms with Gasteiger partial charge in [-0.15, -0.1) is 0 Å². The van der Waals surface area contributed by atoms with Gasteiger partial charge in [0, 0.05) is 47.8 Å². The van der Waals surface area contributed by atoms with E-state index in [0.29, 0.717) is 31.2 Å². The minimum Gasteiger partial charge on any atom is -0.332 e. The van der Waals surface area contributed by atoms with Crippen LogP contribution >= 0.6 is 15.9 Å². The number of likely N-dealkylation sites (tertiary alicyclic amines) is 1. The Labute approximate surface area is 148 Å². The molecular weight excluding hydrogens is 374 g/mol. The first-order chi connectivity index (χ1) is 11.5. The monoisotopic (exact) mass is 391 g/mol. The van der Waals surface area contributed by atoms with E-state index in [4.69, 9.17) is 0 Å². The number of rotatable bonds is 2. The van der Waals surface area contributed by atoms with E-state index in [1.807, 2.05) is 4.90 Å². The topological polar surface area (TPSA) is 70.6 Å². The molecule has 4 heterocycles. The van der Waals surface area contributed by atoms with Crippen molar-refractivity contribution in [3.63, 3.8) is 0 Å². The Hall–Kier alpha value is -1.76. The molecule has 0 aromatic carbocycles. The van der Waals surface area contributed by atoms with Crippen molar-refractivity contribution in [2.75, 3.05) is 0 Å². The zero-order valence-corrected chi connectivity index (χ0v) is 14.7. The number of carbonyl (C=O) groups excluding carboxylic acids is 3. The molecule has 126 valence electrons. The predicted molar refractivity (Wildman–Crippen MR) is 89.0 cm³/mol. The number of piperidine rings is 1. The van der Waals surface area contributed by atoms with Crippen molar-refractivity contribution in [2.24, 2.45) is 0 Å². The number of fused-ring (bicyclic) bond motifs is 2. The Morgan fingerprint density at radius 2 is 1.67 bits per heavy atom. The smallest absolute Gasteiger partial charge is 0.255 e. The summed E-state index contributed by atoms with van der Waals surface area (Å²) in [7, 11) is 0. The SMILES string of the molecule is O=C1CCC(=O)N1C1CC2CCC(C1)N2C(=O)c1cncc(Br)c1. The summed E-state index contributed by atoms with van der Waals surface area (Å²) < 4.78 is 0.781. The highest BCUT2D eigenvalue weighted by Crippen LogP contribution is 2.39. The maximum Gasteiger partial charge on any atom is 0.255 e. The molecule has 6 nitrogen and oxygen atoms in total. The molecule has 4 rings (SSSR count). The van der Waals surface area contributed by atoms with Crippen LogP contribution in [0.15, 0.2) is 22.9 Å². The van der Waals surface area contributed by atoms with Crippen molar-refractivity contribution in [3.05, 3.63) is 28.5 Å². The molecular formula is C17H18BrN3O3. The van der Waals surface area contributed by atoms with Crippen molar-refractivity contribution in [2.45, 2.75) is 56.7 Å². The Bertz CT molecular complexity index is 693. The molecule has 0 spiro atoms. The number of nitrogens with zero attached hydrogens (tertiary/aromatic N) is 3. The van der Waals surface area contributed by atoms with Gasteiger partial charge in [0.15, 0.2) is 0 Å². The molecule has 24 heavy (non-hydrogen) atoms. The molecule has 1 aromatic heterocycles. The largest absolute Gasteiger partial charge is 0.332 e. The Morgan fingerprint density at radius 3 is 2.25 bits per heavy atom. The van der Waals surface area contributed by atoms with E-state index in [1.165, 1.54) is 4.90 Å². The molecule has 0 saturated carbocycles. The molecule has 0 aliphatic carbocycles. The van der Waals surface area contributed by atoms with Gasteiger partial charge in [-0.3, -0.25) is 24.3 Å². The van der Waals surface area contributed by atoms with Gasteiger partial charge in [0.05, 0.1) is 5.56 Å². The number of hydrogen-bond donors (Lipinski definition) is 0. The molecule has 3 amide bonds. The maximum absolute atomic E-state index is 12.9.